The third-order valence-corrected chi connectivity index (χ3v) is 4.04. The van der Waals surface area contributed by atoms with Crippen molar-refractivity contribution in [2.45, 2.75) is 38.8 Å². The van der Waals surface area contributed by atoms with Gasteiger partial charge in [-0.15, -0.1) is 0 Å². The first kappa shape index (κ1) is 19.4. The van der Waals surface area contributed by atoms with E-state index in [0.717, 1.165) is 16.5 Å². The molecule has 7 heteroatoms. The van der Waals surface area contributed by atoms with E-state index in [1.807, 2.05) is 30.5 Å². The van der Waals surface area contributed by atoms with Crippen LogP contribution in [0.3, 0.4) is 0 Å². The van der Waals surface area contributed by atoms with E-state index >= 15 is 0 Å². The number of nitrogens with zero attached hydrogens (tertiary/aromatic N) is 1. The van der Waals surface area contributed by atoms with Gasteiger partial charge in [-0.3, -0.25) is 9.78 Å². The van der Waals surface area contributed by atoms with E-state index in [0.29, 0.717) is 12.1 Å². The standard InChI is InChI=1S/C21H24N4O3/c1-21(2,3)28-20(27)25-18(19(26)24-15-7-6-10-22-13-15)11-14-12-23-17-9-5-4-8-16(14)17/h4-10,12-13,18,23H,11H2,1-3H3,(H,24,26)(H,25,27)/t18-/m0/s1. The molecule has 0 fully saturated rings. The molecule has 1 aromatic carbocycles. The Labute approximate surface area is 163 Å². The number of para-hydroxylation sites is 1. The summed E-state index contributed by atoms with van der Waals surface area (Å²) < 4.78 is 5.33. The van der Waals surface area contributed by atoms with E-state index in [1.165, 1.54) is 0 Å². The summed E-state index contributed by atoms with van der Waals surface area (Å²) >= 11 is 0. The number of hydrogen-bond donors (Lipinski definition) is 3. The summed E-state index contributed by atoms with van der Waals surface area (Å²) in [6.45, 7) is 5.32. The van der Waals surface area contributed by atoms with Gasteiger partial charge in [-0.2, -0.15) is 0 Å². The molecule has 2 aromatic heterocycles. The molecule has 3 aromatic rings. The summed E-state index contributed by atoms with van der Waals surface area (Å²) in [4.78, 5) is 32.3. The van der Waals surface area contributed by atoms with Crippen LogP contribution in [0.25, 0.3) is 10.9 Å². The molecule has 0 aliphatic carbocycles. The molecular formula is C21H24N4O3. The lowest BCUT2D eigenvalue weighted by atomic mass is 10.0. The number of aromatic amines is 1. The average Bonchev–Trinajstić information content (AvgIpc) is 3.03. The number of H-pyrrole nitrogens is 1. The van der Waals surface area contributed by atoms with Crippen LogP contribution in [0.2, 0.25) is 0 Å². The van der Waals surface area contributed by atoms with Crippen LogP contribution >= 0.6 is 0 Å². The highest BCUT2D eigenvalue weighted by Gasteiger charge is 2.25. The Balaban J connectivity index is 1.81. The number of hydrogen-bond acceptors (Lipinski definition) is 4. The topological polar surface area (TPSA) is 96.1 Å². The molecule has 0 unspecified atom stereocenters. The summed E-state index contributed by atoms with van der Waals surface area (Å²) in [5, 5.41) is 6.48. The number of carbonyl (C=O) groups excluding carboxylic acids is 2. The molecule has 28 heavy (non-hydrogen) atoms. The van der Waals surface area contributed by atoms with Gasteiger partial charge >= 0.3 is 6.09 Å². The Hall–Kier alpha value is -3.35. The van der Waals surface area contributed by atoms with Crippen molar-refractivity contribution in [3.63, 3.8) is 0 Å². The third-order valence-electron chi connectivity index (χ3n) is 4.04. The minimum absolute atomic E-state index is 0.315. The van der Waals surface area contributed by atoms with Crippen molar-refractivity contribution in [1.82, 2.24) is 15.3 Å². The average molecular weight is 380 g/mol. The third kappa shape index (κ3) is 5.09. The summed E-state index contributed by atoms with van der Waals surface area (Å²) in [6, 6.07) is 10.5. The second-order valence-corrected chi connectivity index (χ2v) is 7.49. The highest BCUT2D eigenvalue weighted by atomic mass is 16.6. The van der Waals surface area contributed by atoms with Crippen molar-refractivity contribution in [3.8, 4) is 0 Å². The summed E-state index contributed by atoms with van der Waals surface area (Å²) in [6.07, 6.45) is 4.70. The number of nitrogens with one attached hydrogen (secondary N) is 3. The van der Waals surface area contributed by atoms with Gasteiger partial charge in [0, 0.05) is 29.7 Å². The quantitative estimate of drug-likeness (QED) is 0.630. The van der Waals surface area contributed by atoms with Crippen molar-refractivity contribution >= 4 is 28.6 Å². The molecule has 2 heterocycles. The predicted molar refractivity (Wildman–Crippen MR) is 108 cm³/mol. The maximum Gasteiger partial charge on any atom is 0.408 e. The number of anilines is 1. The van der Waals surface area contributed by atoms with Crippen molar-refractivity contribution in [3.05, 3.63) is 60.6 Å². The number of benzene rings is 1. The number of carbonyl (C=O) groups is 2. The van der Waals surface area contributed by atoms with Gasteiger partial charge < -0.3 is 20.4 Å². The number of fused-ring (bicyclic) bond motifs is 1. The van der Waals surface area contributed by atoms with Gasteiger partial charge in [0.15, 0.2) is 0 Å². The number of alkyl carbamates (subject to hydrolysis) is 1. The van der Waals surface area contributed by atoms with Crippen LogP contribution in [0, 0.1) is 0 Å². The predicted octanol–water partition coefficient (Wildman–Crippen LogP) is 3.64. The second kappa shape index (κ2) is 8.12. The molecular weight excluding hydrogens is 356 g/mol. The maximum atomic E-state index is 12.9. The maximum absolute atomic E-state index is 12.9. The van der Waals surface area contributed by atoms with Crippen molar-refractivity contribution < 1.29 is 14.3 Å². The first-order valence-electron chi connectivity index (χ1n) is 9.07. The van der Waals surface area contributed by atoms with E-state index in [-0.39, 0.29) is 5.91 Å². The minimum Gasteiger partial charge on any atom is -0.444 e. The molecule has 2 amide bonds. The van der Waals surface area contributed by atoms with Crippen LogP contribution in [-0.2, 0) is 16.0 Å². The molecule has 146 valence electrons. The van der Waals surface area contributed by atoms with Crippen LogP contribution < -0.4 is 10.6 Å². The summed E-state index contributed by atoms with van der Waals surface area (Å²) in [5.74, 6) is -0.343. The molecule has 1 atom stereocenters. The zero-order valence-electron chi connectivity index (χ0n) is 16.2. The fraction of sp³-hybridized carbons (Fsp3) is 0.286. The Bertz CT molecular complexity index is 960. The molecule has 0 saturated carbocycles. The summed E-state index contributed by atoms with van der Waals surface area (Å²) in [5.41, 5.74) is 1.80. The Morgan fingerprint density at radius 1 is 1.18 bits per heavy atom. The highest BCUT2D eigenvalue weighted by molar-refractivity contribution is 5.97. The summed E-state index contributed by atoms with van der Waals surface area (Å²) in [7, 11) is 0. The number of pyridine rings is 1. The van der Waals surface area contributed by atoms with Gasteiger partial charge in [-0.1, -0.05) is 18.2 Å². The monoisotopic (exact) mass is 380 g/mol. The van der Waals surface area contributed by atoms with Crippen LogP contribution in [0.15, 0.2) is 55.0 Å². The van der Waals surface area contributed by atoms with Gasteiger partial charge in [0.25, 0.3) is 0 Å². The molecule has 3 rings (SSSR count). The van der Waals surface area contributed by atoms with Crippen LogP contribution in [0.1, 0.15) is 26.3 Å². The molecule has 7 nitrogen and oxygen atoms in total. The number of ether oxygens (including phenoxy) is 1. The van der Waals surface area contributed by atoms with E-state index in [9.17, 15) is 9.59 Å². The first-order valence-corrected chi connectivity index (χ1v) is 9.07. The second-order valence-electron chi connectivity index (χ2n) is 7.49. The highest BCUT2D eigenvalue weighted by Crippen LogP contribution is 2.20. The number of amides is 2. The Morgan fingerprint density at radius 2 is 1.96 bits per heavy atom. The molecule has 0 aliphatic rings. The Kier molecular flexibility index (Phi) is 5.63. The van der Waals surface area contributed by atoms with E-state index in [2.05, 4.69) is 20.6 Å². The molecule has 0 aliphatic heterocycles. The van der Waals surface area contributed by atoms with Gasteiger partial charge in [0.1, 0.15) is 11.6 Å². The number of rotatable bonds is 5. The van der Waals surface area contributed by atoms with Crippen molar-refractivity contribution in [2.75, 3.05) is 5.32 Å². The normalized spacial score (nSPS) is 12.4. The number of aromatic nitrogens is 2. The van der Waals surface area contributed by atoms with Crippen molar-refractivity contribution in [1.29, 1.82) is 0 Å². The van der Waals surface area contributed by atoms with E-state index < -0.39 is 17.7 Å². The molecule has 0 spiro atoms. The SMILES string of the molecule is CC(C)(C)OC(=O)N[C@@H](Cc1c[nH]c2ccccc12)C(=O)Nc1cccnc1. The fourth-order valence-corrected chi connectivity index (χ4v) is 2.85. The zero-order chi connectivity index (χ0) is 20.1. The van der Waals surface area contributed by atoms with Crippen LogP contribution in [0.5, 0.6) is 0 Å². The van der Waals surface area contributed by atoms with Crippen LogP contribution in [0.4, 0.5) is 10.5 Å². The first-order chi connectivity index (χ1) is 13.3. The lowest BCUT2D eigenvalue weighted by Crippen LogP contribution is -2.47. The van der Waals surface area contributed by atoms with E-state index in [4.69, 9.17) is 4.74 Å². The fourth-order valence-electron chi connectivity index (χ4n) is 2.85. The van der Waals surface area contributed by atoms with Crippen molar-refractivity contribution in [2.24, 2.45) is 0 Å². The minimum atomic E-state index is -0.811. The molecule has 0 bridgehead atoms. The van der Waals surface area contributed by atoms with Gasteiger partial charge in [0.2, 0.25) is 5.91 Å². The lowest BCUT2D eigenvalue weighted by Gasteiger charge is -2.23. The van der Waals surface area contributed by atoms with Gasteiger partial charge in [0.05, 0.1) is 11.9 Å². The van der Waals surface area contributed by atoms with E-state index in [1.54, 1.807) is 45.3 Å². The zero-order valence-corrected chi connectivity index (χ0v) is 16.2. The van der Waals surface area contributed by atoms with Gasteiger partial charge in [-0.25, -0.2) is 4.79 Å². The Morgan fingerprint density at radius 3 is 2.68 bits per heavy atom. The molecule has 0 radical (unpaired) electrons. The lowest BCUT2D eigenvalue weighted by molar-refractivity contribution is -0.118. The molecule has 3 N–H and O–H groups in total. The molecule has 0 saturated heterocycles. The van der Waals surface area contributed by atoms with Gasteiger partial charge in [-0.05, 0) is 44.5 Å². The largest absolute Gasteiger partial charge is 0.444 e. The smallest absolute Gasteiger partial charge is 0.408 e. The van der Waals surface area contributed by atoms with Crippen LogP contribution in [-0.4, -0.2) is 33.6 Å².